The summed E-state index contributed by atoms with van der Waals surface area (Å²) >= 11 is 3.35. The highest BCUT2D eigenvalue weighted by molar-refractivity contribution is 9.10. The molecule has 0 saturated carbocycles. The smallest absolute Gasteiger partial charge is 0.327 e. The SMILES string of the molecule is CCOC(=O)C(N)c1cccc(OC)c1Br. The van der Waals surface area contributed by atoms with Gasteiger partial charge < -0.3 is 15.2 Å². The molecule has 0 spiro atoms. The number of rotatable bonds is 4. The van der Waals surface area contributed by atoms with Crippen LogP contribution in [0.5, 0.6) is 5.75 Å². The molecule has 0 radical (unpaired) electrons. The summed E-state index contributed by atoms with van der Waals surface area (Å²) in [5.74, 6) is 0.189. The Balaban J connectivity index is 2.99. The first-order chi connectivity index (χ1) is 7.61. The maximum atomic E-state index is 11.5. The minimum absolute atomic E-state index is 0.314. The number of methoxy groups -OCH3 is 1. The van der Waals surface area contributed by atoms with E-state index in [9.17, 15) is 4.79 Å². The van der Waals surface area contributed by atoms with Gasteiger partial charge in [-0.25, -0.2) is 4.79 Å². The molecule has 0 saturated heterocycles. The fourth-order valence-corrected chi connectivity index (χ4v) is 1.96. The lowest BCUT2D eigenvalue weighted by Crippen LogP contribution is -2.24. The summed E-state index contributed by atoms with van der Waals surface area (Å²) in [7, 11) is 1.56. The first kappa shape index (κ1) is 13.0. The number of carbonyl (C=O) groups excluding carboxylic acids is 1. The Kier molecular flexibility index (Phi) is 4.76. The number of nitrogens with two attached hydrogens (primary N) is 1. The van der Waals surface area contributed by atoms with Gasteiger partial charge in [-0.1, -0.05) is 12.1 Å². The van der Waals surface area contributed by atoms with Gasteiger partial charge >= 0.3 is 5.97 Å². The first-order valence-corrected chi connectivity index (χ1v) is 5.65. The van der Waals surface area contributed by atoms with Gasteiger partial charge in [-0.3, -0.25) is 0 Å². The van der Waals surface area contributed by atoms with Crippen LogP contribution in [0.25, 0.3) is 0 Å². The van der Waals surface area contributed by atoms with E-state index in [0.717, 1.165) is 0 Å². The van der Waals surface area contributed by atoms with Gasteiger partial charge in [0.15, 0.2) is 0 Å². The summed E-state index contributed by atoms with van der Waals surface area (Å²) in [6.07, 6.45) is 0. The number of ether oxygens (including phenoxy) is 2. The first-order valence-electron chi connectivity index (χ1n) is 4.86. The molecule has 0 aliphatic rings. The Morgan fingerprint density at radius 2 is 2.25 bits per heavy atom. The summed E-state index contributed by atoms with van der Waals surface area (Å²) in [6, 6.07) is 4.52. The van der Waals surface area contributed by atoms with Gasteiger partial charge in [0, 0.05) is 0 Å². The second-order valence-electron chi connectivity index (χ2n) is 3.09. The quantitative estimate of drug-likeness (QED) is 0.861. The summed E-state index contributed by atoms with van der Waals surface area (Å²) in [5.41, 5.74) is 6.44. The van der Waals surface area contributed by atoms with Crippen LogP contribution in [0, 0.1) is 0 Å². The molecule has 0 heterocycles. The normalized spacial score (nSPS) is 12.0. The van der Waals surface area contributed by atoms with Crippen LogP contribution in [-0.4, -0.2) is 19.7 Å². The maximum absolute atomic E-state index is 11.5. The molecule has 0 aliphatic carbocycles. The van der Waals surface area contributed by atoms with Gasteiger partial charge in [0.2, 0.25) is 0 Å². The molecule has 0 fully saturated rings. The third kappa shape index (κ3) is 2.74. The maximum Gasteiger partial charge on any atom is 0.327 e. The van der Waals surface area contributed by atoms with E-state index in [2.05, 4.69) is 15.9 Å². The molecule has 0 amide bonds. The third-order valence-electron chi connectivity index (χ3n) is 2.09. The molecule has 1 atom stereocenters. The van der Waals surface area contributed by atoms with Crippen LogP contribution in [0.15, 0.2) is 22.7 Å². The number of benzene rings is 1. The molecule has 4 nitrogen and oxygen atoms in total. The predicted molar refractivity (Wildman–Crippen MR) is 64.3 cm³/mol. The van der Waals surface area contributed by atoms with Gasteiger partial charge in [0.05, 0.1) is 18.2 Å². The Morgan fingerprint density at radius 1 is 1.56 bits per heavy atom. The van der Waals surface area contributed by atoms with Crippen LogP contribution in [0.3, 0.4) is 0 Å². The zero-order valence-electron chi connectivity index (χ0n) is 9.20. The van der Waals surface area contributed by atoms with Gasteiger partial charge in [-0.2, -0.15) is 0 Å². The Labute approximate surface area is 103 Å². The second kappa shape index (κ2) is 5.86. The lowest BCUT2D eigenvalue weighted by molar-refractivity contribution is -0.144. The number of esters is 1. The molecule has 2 N–H and O–H groups in total. The summed E-state index contributed by atoms with van der Waals surface area (Å²) < 4.78 is 10.7. The van der Waals surface area contributed by atoms with Crippen LogP contribution >= 0.6 is 15.9 Å². The van der Waals surface area contributed by atoms with Crippen LogP contribution in [0.2, 0.25) is 0 Å². The molecule has 0 bridgehead atoms. The summed E-state index contributed by atoms with van der Waals surface area (Å²) in [4.78, 5) is 11.5. The molecule has 0 aliphatic heterocycles. The predicted octanol–water partition coefficient (Wildman–Crippen LogP) is 2.02. The number of hydrogen-bond donors (Lipinski definition) is 1. The van der Waals surface area contributed by atoms with E-state index in [0.29, 0.717) is 22.4 Å². The van der Waals surface area contributed by atoms with Gasteiger partial charge in [-0.15, -0.1) is 0 Å². The molecule has 1 aromatic rings. The van der Waals surface area contributed by atoms with Crippen molar-refractivity contribution in [1.29, 1.82) is 0 Å². The fraction of sp³-hybridized carbons (Fsp3) is 0.364. The lowest BCUT2D eigenvalue weighted by Gasteiger charge is -2.14. The van der Waals surface area contributed by atoms with E-state index < -0.39 is 12.0 Å². The van der Waals surface area contributed by atoms with Crippen molar-refractivity contribution in [2.24, 2.45) is 5.73 Å². The fourth-order valence-electron chi connectivity index (χ4n) is 1.28. The molecular weight excluding hydrogens is 274 g/mol. The molecule has 1 aromatic carbocycles. The van der Waals surface area contributed by atoms with Crippen molar-refractivity contribution in [3.05, 3.63) is 28.2 Å². The molecule has 1 unspecified atom stereocenters. The zero-order chi connectivity index (χ0) is 12.1. The van der Waals surface area contributed by atoms with Crippen molar-refractivity contribution >= 4 is 21.9 Å². The third-order valence-corrected chi connectivity index (χ3v) is 2.94. The van der Waals surface area contributed by atoms with Crippen molar-refractivity contribution in [3.8, 4) is 5.75 Å². The molecule has 1 rings (SSSR count). The van der Waals surface area contributed by atoms with Crippen molar-refractivity contribution < 1.29 is 14.3 Å². The number of halogens is 1. The standard InChI is InChI=1S/C11H14BrNO3/c1-3-16-11(14)10(13)7-5-4-6-8(15-2)9(7)12/h4-6,10H,3,13H2,1-2H3. The zero-order valence-corrected chi connectivity index (χ0v) is 10.8. The highest BCUT2D eigenvalue weighted by atomic mass is 79.9. The van der Waals surface area contributed by atoms with E-state index in [1.54, 1.807) is 32.2 Å². The topological polar surface area (TPSA) is 61.5 Å². The molecule has 88 valence electrons. The lowest BCUT2D eigenvalue weighted by atomic mass is 10.1. The minimum atomic E-state index is -0.801. The van der Waals surface area contributed by atoms with Gasteiger partial charge in [0.25, 0.3) is 0 Å². The van der Waals surface area contributed by atoms with Gasteiger partial charge in [0.1, 0.15) is 11.8 Å². The Morgan fingerprint density at radius 3 is 2.81 bits per heavy atom. The average Bonchev–Trinajstić information content (AvgIpc) is 2.29. The van der Waals surface area contributed by atoms with Crippen LogP contribution < -0.4 is 10.5 Å². The van der Waals surface area contributed by atoms with Crippen LogP contribution in [0.1, 0.15) is 18.5 Å². The molecule has 16 heavy (non-hydrogen) atoms. The van der Waals surface area contributed by atoms with Crippen molar-refractivity contribution in [2.75, 3.05) is 13.7 Å². The van der Waals surface area contributed by atoms with E-state index in [4.69, 9.17) is 15.2 Å². The van der Waals surface area contributed by atoms with E-state index in [1.807, 2.05) is 0 Å². The number of hydrogen-bond acceptors (Lipinski definition) is 4. The minimum Gasteiger partial charge on any atom is -0.496 e. The van der Waals surface area contributed by atoms with Crippen LogP contribution in [0.4, 0.5) is 0 Å². The molecular formula is C11H14BrNO3. The van der Waals surface area contributed by atoms with Gasteiger partial charge in [-0.05, 0) is 34.5 Å². The largest absolute Gasteiger partial charge is 0.496 e. The summed E-state index contributed by atoms with van der Waals surface area (Å²) in [5, 5.41) is 0. The van der Waals surface area contributed by atoms with Crippen LogP contribution in [-0.2, 0) is 9.53 Å². The average molecular weight is 288 g/mol. The Bertz CT molecular complexity index is 381. The van der Waals surface area contributed by atoms with E-state index >= 15 is 0 Å². The second-order valence-corrected chi connectivity index (χ2v) is 3.89. The highest BCUT2D eigenvalue weighted by Crippen LogP contribution is 2.31. The number of carbonyl (C=O) groups is 1. The van der Waals surface area contributed by atoms with Crippen molar-refractivity contribution in [2.45, 2.75) is 13.0 Å². The highest BCUT2D eigenvalue weighted by Gasteiger charge is 2.20. The Hall–Kier alpha value is -1.07. The van der Waals surface area contributed by atoms with E-state index in [1.165, 1.54) is 0 Å². The van der Waals surface area contributed by atoms with Crippen molar-refractivity contribution in [1.82, 2.24) is 0 Å². The van der Waals surface area contributed by atoms with Crippen molar-refractivity contribution in [3.63, 3.8) is 0 Å². The molecule has 0 aromatic heterocycles. The van der Waals surface area contributed by atoms with E-state index in [-0.39, 0.29) is 0 Å². The molecule has 5 heteroatoms. The monoisotopic (exact) mass is 287 g/mol. The summed E-state index contributed by atoms with van der Waals surface area (Å²) in [6.45, 7) is 2.05.